The van der Waals surface area contributed by atoms with E-state index in [1.165, 1.54) is 11.3 Å². The van der Waals surface area contributed by atoms with E-state index in [0.29, 0.717) is 41.6 Å². The van der Waals surface area contributed by atoms with E-state index >= 15 is 0 Å². The molecule has 0 radical (unpaired) electrons. The predicted octanol–water partition coefficient (Wildman–Crippen LogP) is 3.87. The molecule has 0 bridgehead atoms. The van der Waals surface area contributed by atoms with Gasteiger partial charge in [-0.05, 0) is 38.0 Å². The summed E-state index contributed by atoms with van der Waals surface area (Å²) in [6, 6.07) is 9.01. The van der Waals surface area contributed by atoms with Gasteiger partial charge >= 0.3 is 5.97 Å². The van der Waals surface area contributed by atoms with Gasteiger partial charge in [0.2, 0.25) is 5.91 Å². The molecule has 2 aromatic rings. The third kappa shape index (κ3) is 5.49. The number of carbonyl (C=O) groups excluding carboxylic acids is 2. The van der Waals surface area contributed by atoms with Crippen LogP contribution in [0.2, 0.25) is 0 Å². The number of thiophene rings is 1. The lowest BCUT2D eigenvalue weighted by atomic mass is 10.2. The zero-order valence-corrected chi connectivity index (χ0v) is 15.9. The second kappa shape index (κ2) is 9.82. The average Bonchev–Trinajstić information content (AvgIpc) is 3.03. The van der Waals surface area contributed by atoms with Crippen molar-refractivity contribution in [1.82, 2.24) is 0 Å². The second-order valence-electron chi connectivity index (χ2n) is 5.57. The van der Waals surface area contributed by atoms with E-state index in [1.54, 1.807) is 25.1 Å². The van der Waals surface area contributed by atoms with Gasteiger partial charge in [-0.15, -0.1) is 11.3 Å². The van der Waals surface area contributed by atoms with E-state index < -0.39 is 5.97 Å². The average molecular weight is 376 g/mol. The summed E-state index contributed by atoms with van der Waals surface area (Å²) in [6.07, 6.45) is 1.62. The van der Waals surface area contributed by atoms with Gasteiger partial charge in [-0.25, -0.2) is 4.79 Å². The van der Waals surface area contributed by atoms with Gasteiger partial charge in [0.05, 0.1) is 24.5 Å². The van der Waals surface area contributed by atoms with Crippen molar-refractivity contribution in [2.45, 2.75) is 33.1 Å². The van der Waals surface area contributed by atoms with Gasteiger partial charge in [0, 0.05) is 11.3 Å². The highest BCUT2D eigenvalue weighted by Crippen LogP contribution is 2.29. The second-order valence-corrected chi connectivity index (χ2v) is 6.70. The van der Waals surface area contributed by atoms with E-state index in [-0.39, 0.29) is 12.3 Å². The summed E-state index contributed by atoms with van der Waals surface area (Å²) in [5.41, 5.74) is 6.79. The molecule has 0 aliphatic rings. The van der Waals surface area contributed by atoms with Crippen LogP contribution in [-0.4, -0.2) is 25.1 Å². The molecule has 3 N–H and O–H groups in total. The highest BCUT2D eigenvalue weighted by Gasteiger charge is 2.18. The van der Waals surface area contributed by atoms with Crippen LogP contribution in [0.15, 0.2) is 30.3 Å². The van der Waals surface area contributed by atoms with Crippen molar-refractivity contribution in [2.24, 2.45) is 0 Å². The maximum atomic E-state index is 12.2. The molecule has 0 fully saturated rings. The molecule has 7 heteroatoms. The topological polar surface area (TPSA) is 90.6 Å². The molecule has 6 nitrogen and oxygen atoms in total. The number of anilines is 2. The first-order valence-corrected chi connectivity index (χ1v) is 9.43. The molecular formula is C19H24N2O4S. The Bertz CT molecular complexity index is 758. The zero-order valence-electron chi connectivity index (χ0n) is 15.0. The number of benzene rings is 1. The zero-order chi connectivity index (χ0) is 18.9. The molecule has 1 amide bonds. The number of nitrogen functional groups attached to an aromatic ring is 1. The minimum Gasteiger partial charge on any atom is -0.491 e. The molecule has 1 heterocycles. The molecule has 26 heavy (non-hydrogen) atoms. The highest BCUT2D eigenvalue weighted by atomic mass is 32.1. The maximum Gasteiger partial charge on any atom is 0.341 e. The fourth-order valence-corrected chi connectivity index (χ4v) is 3.29. The highest BCUT2D eigenvalue weighted by molar-refractivity contribution is 7.16. The van der Waals surface area contributed by atoms with E-state index in [1.807, 2.05) is 19.1 Å². The van der Waals surface area contributed by atoms with Crippen molar-refractivity contribution in [2.75, 3.05) is 24.3 Å². The number of hydrogen-bond acceptors (Lipinski definition) is 6. The van der Waals surface area contributed by atoms with Gasteiger partial charge in [-0.3, -0.25) is 4.79 Å². The van der Waals surface area contributed by atoms with Crippen LogP contribution in [0.25, 0.3) is 0 Å². The van der Waals surface area contributed by atoms with Gasteiger partial charge in [0.1, 0.15) is 10.8 Å². The van der Waals surface area contributed by atoms with Crippen LogP contribution in [0.5, 0.6) is 5.75 Å². The quantitative estimate of drug-likeness (QED) is 0.394. The molecule has 0 saturated heterocycles. The molecule has 0 unspecified atom stereocenters. The maximum absolute atomic E-state index is 12.2. The first kappa shape index (κ1) is 19.8. The van der Waals surface area contributed by atoms with Crippen molar-refractivity contribution in [3.05, 3.63) is 40.8 Å². The third-order valence-corrected chi connectivity index (χ3v) is 4.80. The van der Waals surface area contributed by atoms with Crippen LogP contribution in [-0.2, 0) is 16.0 Å². The van der Waals surface area contributed by atoms with E-state index in [2.05, 4.69) is 5.32 Å². The van der Waals surface area contributed by atoms with E-state index in [9.17, 15) is 9.59 Å². The molecule has 2 rings (SSSR count). The van der Waals surface area contributed by atoms with Crippen molar-refractivity contribution in [3.63, 3.8) is 0 Å². The molecule has 1 aromatic heterocycles. The van der Waals surface area contributed by atoms with Crippen molar-refractivity contribution in [1.29, 1.82) is 0 Å². The van der Waals surface area contributed by atoms with Crippen molar-refractivity contribution < 1.29 is 19.1 Å². The van der Waals surface area contributed by atoms with Crippen LogP contribution in [0.3, 0.4) is 0 Å². The minimum atomic E-state index is -0.415. The van der Waals surface area contributed by atoms with Gasteiger partial charge < -0.3 is 20.5 Å². The van der Waals surface area contributed by atoms with Crippen molar-refractivity contribution >= 4 is 33.9 Å². The smallest absolute Gasteiger partial charge is 0.341 e. The molecule has 0 saturated carbocycles. The van der Waals surface area contributed by atoms with Gasteiger partial charge in [0.25, 0.3) is 0 Å². The minimum absolute atomic E-state index is 0.162. The summed E-state index contributed by atoms with van der Waals surface area (Å²) in [6.45, 7) is 4.43. The van der Waals surface area contributed by atoms with Gasteiger partial charge in [0.15, 0.2) is 0 Å². The lowest BCUT2D eigenvalue weighted by molar-refractivity contribution is -0.116. The molecular weight excluding hydrogens is 352 g/mol. The number of aryl methyl sites for hydroxylation is 1. The Labute approximate surface area is 157 Å². The van der Waals surface area contributed by atoms with Crippen LogP contribution in [0.1, 0.15) is 41.9 Å². The Morgan fingerprint density at radius 3 is 2.69 bits per heavy atom. The lowest BCUT2D eigenvalue weighted by Gasteiger charge is -2.09. The molecule has 0 aliphatic carbocycles. The monoisotopic (exact) mass is 376 g/mol. The fraction of sp³-hybridized carbons (Fsp3) is 0.368. The summed E-state index contributed by atoms with van der Waals surface area (Å²) < 4.78 is 10.6. The molecule has 0 aliphatic heterocycles. The Kier molecular flexibility index (Phi) is 7.47. The van der Waals surface area contributed by atoms with Gasteiger partial charge in [-0.2, -0.15) is 0 Å². The number of amides is 1. The Hall–Kier alpha value is -2.54. The lowest BCUT2D eigenvalue weighted by Crippen LogP contribution is -2.15. The number of para-hydroxylation sites is 2. The summed E-state index contributed by atoms with van der Waals surface area (Å²) in [7, 11) is 0. The Morgan fingerprint density at radius 1 is 1.23 bits per heavy atom. The summed E-state index contributed by atoms with van der Waals surface area (Å²) in [5, 5.41) is 3.35. The van der Waals surface area contributed by atoms with Crippen LogP contribution >= 0.6 is 11.3 Å². The van der Waals surface area contributed by atoms with Gasteiger partial charge in [-0.1, -0.05) is 19.1 Å². The van der Waals surface area contributed by atoms with E-state index in [4.69, 9.17) is 15.2 Å². The number of nitrogens with two attached hydrogens (primary N) is 1. The predicted molar refractivity (Wildman–Crippen MR) is 104 cm³/mol. The number of esters is 1. The number of ether oxygens (including phenoxy) is 2. The normalized spacial score (nSPS) is 10.4. The van der Waals surface area contributed by atoms with E-state index in [0.717, 1.165) is 11.3 Å². The molecule has 0 atom stereocenters. The first-order valence-electron chi connectivity index (χ1n) is 8.62. The van der Waals surface area contributed by atoms with Crippen LogP contribution in [0, 0.1) is 0 Å². The van der Waals surface area contributed by atoms with Crippen molar-refractivity contribution in [3.8, 4) is 5.75 Å². The molecule has 0 spiro atoms. The van der Waals surface area contributed by atoms with Crippen LogP contribution in [0.4, 0.5) is 10.7 Å². The summed E-state index contributed by atoms with van der Waals surface area (Å²) >= 11 is 1.40. The number of nitrogens with one attached hydrogen (secondary N) is 1. The summed E-state index contributed by atoms with van der Waals surface area (Å²) in [5.74, 6) is 0.0367. The fourth-order valence-electron chi connectivity index (χ4n) is 2.29. The molecule has 1 aromatic carbocycles. The number of carbonyl (C=O) groups is 2. The Morgan fingerprint density at radius 2 is 2.00 bits per heavy atom. The SMILES string of the molecule is CCOC(=O)c1cc(CC)sc1NC(=O)CCCOc1ccccc1N. The molecule has 140 valence electrons. The first-order chi connectivity index (χ1) is 12.5. The standard InChI is InChI=1S/C19H24N2O4S/c1-3-13-12-14(19(23)24-4-2)18(26-13)21-17(22)10-7-11-25-16-9-6-5-8-15(16)20/h5-6,8-9,12H,3-4,7,10-11,20H2,1-2H3,(H,21,22). The summed E-state index contributed by atoms with van der Waals surface area (Å²) in [4.78, 5) is 25.2. The van der Waals surface area contributed by atoms with Crippen LogP contribution < -0.4 is 15.8 Å². The Balaban J connectivity index is 1.86. The third-order valence-electron chi connectivity index (χ3n) is 3.60. The largest absolute Gasteiger partial charge is 0.491 e. The number of rotatable bonds is 9. The number of hydrogen-bond donors (Lipinski definition) is 2.